The molecule has 0 saturated carbocycles. The smallest absolute Gasteiger partial charge is 0.224 e. The van der Waals surface area contributed by atoms with Gasteiger partial charge in [-0.2, -0.15) is 0 Å². The zero-order chi connectivity index (χ0) is 16.4. The van der Waals surface area contributed by atoms with E-state index in [0.717, 1.165) is 29.7 Å². The molecule has 2 heterocycles. The van der Waals surface area contributed by atoms with Crippen molar-refractivity contribution in [2.24, 2.45) is 0 Å². The number of nitrogens with zero attached hydrogens (tertiary/aromatic N) is 1. The van der Waals surface area contributed by atoms with Gasteiger partial charge < -0.3 is 5.32 Å². The lowest BCUT2D eigenvalue weighted by atomic mass is 9.91. The molecule has 3 nitrogen and oxygen atoms in total. The van der Waals surface area contributed by atoms with Gasteiger partial charge in [-0.25, -0.2) is 0 Å². The summed E-state index contributed by atoms with van der Waals surface area (Å²) in [6, 6.07) is 18.8. The van der Waals surface area contributed by atoms with Gasteiger partial charge in [0.1, 0.15) is 0 Å². The van der Waals surface area contributed by atoms with E-state index in [1.165, 1.54) is 16.7 Å². The highest BCUT2D eigenvalue weighted by molar-refractivity contribution is 5.99. The Balaban J connectivity index is 1.81. The first kappa shape index (κ1) is 14.6. The van der Waals surface area contributed by atoms with Crippen LogP contribution in [0.4, 0.5) is 5.69 Å². The molecule has 3 heteroatoms. The van der Waals surface area contributed by atoms with Gasteiger partial charge in [0, 0.05) is 29.9 Å². The minimum atomic E-state index is 0.0865. The van der Waals surface area contributed by atoms with E-state index in [-0.39, 0.29) is 5.91 Å². The van der Waals surface area contributed by atoms with Crippen LogP contribution in [-0.4, -0.2) is 10.9 Å². The molecule has 0 unspecified atom stereocenters. The molecular weight excluding hydrogens is 296 g/mol. The number of hydrogen-bond acceptors (Lipinski definition) is 2. The van der Waals surface area contributed by atoms with Gasteiger partial charge in [0.15, 0.2) is 0 Å². The first-order chi connectivity index (χ1) is 11.8. The van der Waals surface area contributed by atoms with E-state index in [9.17, 15) is 4.79 Å². The number of aromatic nitrogens is 1. The third-order valence-electron chi connectivity index (χ3n) is 4.39. The molecule has 0 bridgehead atoms. The summed E-state index contributed by atoms with van der Waals surface area (Å²) in [5.41, 5.74) is 6.78. The quantitative estimate of drug-likeness (QED) is 0.786. The van der Waals surface area contributed by atoms with Crippen molar-refractivity contribution in [3.05, 3.63) is 83.7 Å². The summed E-state index contributed by atoms with van der Waals surface area (Å²) in [5, 5.41) is 3.05. The molecule has 0 radical (unpaired) electrons. The Hall–Kier alpha value is -2.94. The molecule has 1 amide bonds. The topological polar surface area (TPSA) is 42.0 Å². The number of hydrogen-bond donors (Lipinski definition) is 1. The SMILES string of the molecule is O=C1CCc2cc(Cc3ccccc3)cc(-c3cccnc3)c2N1. The van der Waals surface area contributed by atoms with Crippen LogP contribution in [0.2, 0.25) is 0 Å². The van der Waals surface area contributed by atoms with E-state index in [2.05, 4.69) is 46.7 Å². The van der Waals surface area contributed by atoms with Crippen LogP contribution in [0.25, 0.3) is 11.1 Å². The molecule has 1 aromatic heterocycles. The second kappa shape index (κ2) is 6.28. The molecule has 3 aromatic rings. The van der Waals surface area contributed by atoms with Gasteiger partial charge in [-0.1, -0.05) is 42.5 Å². The van der Waals surface area contributed by atoms with Crippen molar-refractivity contribution in [2.45, 2.75) is 19.3 Å². The van der Waals surface area contributed by atoms with Gasteiger partial charge in [0.25, 0.3) is 0 Å². The van der Waals surface area contributed by atoms with Gasteiger partial charge in [0.2, 0.25) is 5.91 Å². The fourth-order valence-electron chi connectivity index (χ4n) is 3.25. The second-order valence-electron chi connectivity index (χ2n) is 6.13. The van der Waals surface area contributed by atoms with Gasteiger partial charge in [-0.15, -0.1) is 0 Å². The van der Waals surface area contributed by atoms with Crippen LogP contribution in [0, 0.1) is 0 Å². The number of fused-ring (bicyclic) bond motifs is 1. The van der Waals surface area contributed by atoms with E-state index < -0.39 is 0 Å². The molecule has 0 saturated heterocycles. The van der Waals surface area contributed by atoms with Gasteiger partial charge in [-0.05, 0) is 41.7 Å². The van der Waals surface area contributed by atoms with Crippen molar-refractivity contribution >= 4 is 11.6 Å². The third-order valence-corrected chi connectivity index (χ3v) is 4.39. The van der Waals surface area contributed by atoms with E-state index in [4.69, 9.17) is 0 Å². The molecular formula is C21H18N2O. The number of nitrogens with one attached hydrogen (secondary N) is 1. The van der Waals surface area contributed by atoms with E-state index in [1.807, 2.05) is 24.4 Å². The van der Waals surface area contributed by atoms with Crippen LogP contribution in [0.15, 0.2) is 67.0 Å². The minimum Gasteiger partial charge on any atom is -0.325 e. The zero-order valence-electron chi connectivity index (χ0n) is 13.3. The number of carbonyl (C=O) groups is 1. The number of rotatable bonds is 3. The summed E-state index contributed by atoms with van der Waals surface area (Å²) in [5.74, 6) is 0.0865. The van der Waals surface area contributed by atoms with Crippen LogP contribution in [0.3, 0.4) is 0 Å². The third kappa shape index (κ3) is 2.93. The number of carbonyl (C=O) groups excluding carboxylic acids is 1. The highest BCUT2D eigenvalue weighted by atomic mass is 16.1. The van der Waals surface area contributed by atoms with Crippen LogP contribution >= 0.6 is 0 Å². The van der Waals surface area contributed by atoms with Gasteiger partial charge >= 0.3 is 0 Å². The molecule has 0 aliphatic carbocycles. The Kier molecular flexibility index (Phi) is 3.83. The molecule has 2 aromatic carbocycles. The van der Waals surface area contributed by atoms with E-state index >= 15 is 0 Å². The Morgan fingerprint density at radius 2 is 1.83 bits per heavy atom. The largest absolute Gasteiger partial charge is 0.325 e. The summed E-state index contributed by atoms with van der Waals surface area (Å²) in [6.45, 7) is 0. The monoisotopic (exact) mass is 314 g/mol. The van der Waals surface area contributed by atoms with Crippen molar-refractivity contribution in [3.8, 4) is 11.1 Å². The van der Waals surface area contributed by atoms with Crippen molar-refractivity contribution < 1.29 is 4.79 Å². The van der Waals surface area contributed by atoms with Crippen molar-refractivity contribution in [2.75, 3.05) is 5.32 Å². The van der Waals surface area contributed by atoms with Crippen LogP contribution < -0.4 is 5.32 Å². The molecule has 4 rings (SSSR count). The maximum atomic E-state index is 11.9. The lowest BCUT2D eigenvalue weighted by Gasteiger charge is -2.22. The summed E-state index contributed by atoms with van der Waals surface area (Å²) >= 11 is 0. The van der Waals surface area contributed by atoms with Crippen molar-refractivity contribution in [3.63, 3.8) is 0 Å². The lowest BCUT2D eigenvalue weighted by Crippen LogP contribution is -2.20. The predicted octanol–water partition coefficient (Wildman–Crippen LogP) is 4.22. The Labute approximate surface area is 141 Å². The second-order valence-corrected chi connectivity index (χ2v) is 6.13. The van der Waals surface area contributed by atoms with Crippen molar-refractivity contribution in [1.29, 1.82) is 0 Å². The van der Waals surface area contributed by atoms with E-state index in [0.29, 0.717) is 6.42 Å². The Bertz CT molecular complexity index is 873. The Morgan fingerprint density at radius 3 is 2.62 bits per heavy atom. The fraction of sp³-hybridized carbons (Fsp3) is 0.143. The maximum Gasteiger partial charge on any atom is 0.224 e. The zero-order valence-corrected chi connectivity index (χ0v) is 13.3. The number of amides is 1. The fourth-order valence-corrected chi connectivity index (χ4v) is 3.25. The number of pyridine rings is 1. The summed E-state index contributed by atoms with van der Waals surface area (Å²) < 4.78 is 0. The number of aryl methyl sites for hydroxylation is 1. The molecule has 0 fully saturated rings. The number of benzene rings is 2. The lowest BCUT2D eigenvalue weighted by molar-refractivity contribution is -0.116. The van der Waals surface area contributed by atoms with Crippen LogP contribution in [-0.2, 0) is 17.6 Å². The molecule has 1 aliphatic rings. The van der Waals surface area contributed by atoms with Crippen LogP contribution in [0.5, 0.6) is 0 Å². The summed E-state index contributed by atoms with van der Waals surface area (Å²) in [4.78, 5) is 16.1. The van der Waals surface area contributed by atoms with Gasteiger partial charge in [-0.3, -0.25) is 9.78 Å². The molecule has 0 spiro atoms. The highest BCUT2D eigenvalue weighted by Crippen LogP contribution is 2.35. The van der Waals surface area contributed by atoms with Crippen LogP contribution in [0.1, 0.15) is 23.1 Å². The first-order valence-corrected chi connectivity index (χ1v) is 8.19. The molecule has 1 N–H and O–H groups in total. The maximum absolute atomic E-state index is 11.9. The first-order valence-electron chi connectivity index (χ1n) is 8.19. The molecule has 24 heavy (non-hydrogen) atoms. The summed E-state index contributed by atoms with van der Waals surface area (Å²) in [6.07, 6.45) is 5.84. The average Bonchev–Trinajstić information content (AvgIpc) is 2.63. The summed E-state index contributed by atoms with van der Waals surface area (Å²) in [7, 11) is 0. The van der Waals surface area contributed by atoms with E-state index in [1.54, 1.807) is 6.20 Å². The highest BCUT2D eigenvalue weighted by Gasteiger charge is 2.20. The average molecular weight is 314 g/mol. The number of anilines is 1. The molecule has 1 aliphatic heterocycles. The minimum absolute atomic E-state index is 0.0865. The predicted molar refractivity (Wildman–Crippen MR) is 95.9 cm³/mol. The normalized spacial score (nSPS) is 13.2. The Morgan fingerprint density at radius 1 is 0.958 bits per heavy atom. The standard InChI is InChI=1S/C21H18N2O/c24-20-9-8-17-12-16(11-15-5-2-1-3-6-15)13-19(21(17)23-20)18-7-4-10-22-14-18/h1-7,10,12-14H,8-9,11H2,(H,23,24). The van der Waals surface area contributed by atoms with Crippen molar-refractivity contribution in [1.82, 2.24) is 4.98 Å². The molecule has 118 valence electrons. The molecule has 0 atom stereocenters. The van der Waals surface area contributed by atoms with Gasteiger partial charge in [0.05, 0.1) is 5.69 Å².